The fourth-order valence-corrected chi connectivity index (χ4v) is 3.99. The van der Waals surface area contributed by atoms with Gasteiger partial charge in [0.1, 0.15) is 0 Å². The predicted octanol–water partition coefficient (Wildman–Crippen LogP) is 2.06. The Bertz CT molecular complexity index is 1120. The Hall–Kier alpha value is -3.38. The maximum Gasteiger partial charge on any atom is 0.338 e. The molecule has 9 heteroatoms. The molecule has 150 valence electrons. The van der Waals surface area contributed by atoms with Crippen LogP contribution in [0, 0.1) is 11.3 Å². The van der Waals surface area contributed by atoms with Gasteiger partial charge < -0.3 is 10.1 Å². The molecule has 0 radical (unpaired) electrons. The zero-order valence-electron chi connectivity index (χ0n) is 15.9. The largest absolute Gasteiger partial charge is 0.449 e. The Morgan fingerprint density at radius 1 is 1.24 bits per heavy atom. The minimum atomic E-state index is -3.37. The number of ether oxygens (including phenoxy) is 1. The van der Waals surface area contributed by atoms with Crippen LogP contribution in [0.2, 0.25) is 0 Å². The molecule has 0 aliphatic carbocycles. The molecule has 0 saturated carbocycles. The summed E-state index contributed by atoms with van der Waals surface area (Å²) in [4.78, 5) is 24.7. The third-order valence-electron chi connectivity index (χ3n) is 4.48. The van der Waals surface area contributed by atoms with Crippen LogP contribution in [-0.4, -0.2) is 39.2 Å². The number of hydrogen-bond donors (Lipinski definition) is 1. The zero-order chi connectivity index (χ0) is 21.2. The quantitative estimate of drug-likeness (QED) is 0.750. The second-order valence-electron chi connectivity index (χ2n) is 6.66. The van der Waals surface area contributed by atoms with Crippen LogP contribution in [0.5, 0.6) is 0 Å². The van der Waals surface area contributed by atoms with E-state index in [9.17, 15) is 18.0 Å². The number of sulfonamides is 1. The van der Waals surface area contributed by atoms with E-state index in [0.29, 0.717) is 29.9 Å². The summed E-state index contributed by atoms with van der Waals surface area (Å²) in [6.45, 7) is 1.77. The monoisotopic (exact) mass is 413 g/mol. The summed E-state index contributed by atoms with van der Waals surface area (Å²) in [5.41, 5.74) is 2.34. The molecule has 1 N–H and O–H groups in total. The van der Waals surface area contributed by atoms with Crippen LogP contribution in [0.15, 0.2) is 42.5 Å². The van der Waals surface area contributed by atoms with Gasteiger partial charge in [0.25, 0.3) is 5.91 Å². The minimum Gasteiger partial charge on any atom is -0.449 e. The molecule has 0 fully saturated rings. The predicted molar refractivity (Wildman–Crippen MR) is 107 cm³/mol. The van der Waals surface area contributed by atoms with E-state index in [-0.39, 0.29) is 5.56 Å². The van der Waals surface area contributed by atoms with E-state index in [2.05, 4.69) is 5.32 Å². The molecule has 0 aromatic heterocycles. The number of benzene rings is 2. The van der Waals surface area contributed by atoms with Gasteiger partial charge in [0.05, 0.1) is 29.1 Å². The van der Waals surface area contributed by atoms with Crippen LogP contribution < -0.4 is 9.62 Å². The molecule has 0 spiro atoms. The minimum absolute atomic E-state index is 0.241. The molecule has 1 atom stereocenters. The summed E-state index contributed by atoms with van der Waals surface area (Å²) >= 11 is 0. The van der Waals surface area contributed by atoms with Crippen molar-refractivity contribution in [3.05, 3.63) is 59.2 Å². The van der Waals surface area contributed by atoms with Crippen LogP contribution in [0.1, 0.15) is 28.4 Å². The Morgan fingerprint density at radius 3 is 2.69 bits per heavy atom. The van der Waals surface area contributed by atoms with Crippen molar-refractivity contribution < 1.29 is 22.7 Å². The summed E-state index contributed by atoms with van der Waals surface area (Å²) in [5, 5.41) is 11.5. The van der Waals surface area contributed by atoms with Crippen LogP contribution in [-0.2, 0) is 26.0 Å². The van der Waals surface area contributed by atoms with Crippen molar-refractivity contribution in [1.82, 2.24) is 0 Å². The van der Waals surface area contributed by atoms with Crippen LogP contribution in [0.25, 0.3) is 0 Å². The highest BCUT2D eigenvalue weighted by Crippen LogP contribution is 2.31. The van der Waals surface area contributed by atoms with E-state index in [4.69, 9.17) is 10.00 Å². The summed E-state index contributed by atoms with van der Waals surface area (Å²) < 4.78 is 30.1. The number of esters is 1. The zero-order valence-corrected chi connectivity index (χ0v) is 16.7. The average Bonchev–Trinajstić information content (AvgIpc) is 3.11. The van der Waals surface area contributed by atoms with Gasteiger partial charge in [0.2, 0.25) is 10.0 Å². The molecule has 1 heterocycles. The van der Waals surface area contributed by atoms with E-state index in [1.165, 1.54) is 23.4 Å². The highest BCUT2D eigenvalue weighted by Gasteiger charge is 2.27. The second kappa shape index (κ2) is 7.93. The molecule has 8 nitrogen and oxygen atoms in total. The SMILES string of the molecule is C[C@@H](OC(=O)c1ccc2c(c1)CCN2S(C)(=O)=O)C(=O)Nc1cccc(C#N)c1. The first-order valence-electron chi connectivity index (χ1n) is 8.81. The lowest BCUT2D eigenvalue weighted by molar-refractivity contribution is -0.123. The molecule has 2 aromatic carbocycles. The third kappa shape index (κ3) is 4.55. The van der Waals surface area contributed by atoms with E-state index in [1.54, 1.807) is 30.3 Å². The van der Waals surface area contributed by atoms with Crippen molar-refractivity contribution in [2.45, 2.75) is 19.4 Å². The summed E-state index contributed by atoms with van der Waals surface area (Å²) in [5.74, 6) is -1.21. The van der Waals surface area contributed by atoms with Crippen molar-refractivity contribution in [3.63, 3.8) is 0 Å². The molecule has 1 aliphatic rings. The first kappa shape index (κ1) is 20.4. The van der Waals surface area contributed by atoms with Crippen molar-refractivity contribution in [2.75, 3.05) is 22.4 Å². The number of amides is 1. The lowest BCUT2D eigenvalue weighted by Gasteiger charge is -2.17. The topological polar surface area (TPSA) is 117 Å². The van der Waals surface area contributed by atoms with E-state index < -0.39 is 28.0 Å². The van der Waals surface area contributed by atoms with Crippen molar-refractivity contribution in [3.8, 4) is 6.07 Å². The van der Waals surface area contributed by atoms with Gasteiger partial charge in [0, 0.05) is 12.2 Å². The van der Waals surface area contributed by atoms with Gasteiger partial charge in [-0.1, -0.05) is 6.07 Å². The summed E-state index contributed by atoms with van der Waals surface area (Å²) in [6, 6.07) is 13.0. The fraction of sp³-hybridized carbons (Fsp3) is 0.250. The maximum absolute atomic E-state index is 12.4. The van der Waals surface area contributed by atoms with E-state index in [1.807, 2.05) is 6.07 Å². The van der Waals surface area contributed by atoms with E-state index in [0.717, 1.165) is 11.8 Å². The Morgan fingerprint density at radius 2 is 2.00 bits per heavy atom. The number of hydrogen-bond acceptors (Lipinski definition) is 6. The van der Waals surface area contributed by atoms with Gasteiger partial charge in [0.15, 0.2) is 6.10 Å². The van der Waals surface area contributed by atoms with Gasteiger partial charge in [-0.25, -0.2) is 13.2 Å². The summed E-state index contributed by atoms with van der Waals surface area (Å²) in [7, 11) is -3.37. The van der Waals surface area contributed by atoms with Crippen LogP contribution in [0.3, 0.4) is 0 Å². The number of carbonyl (C=O) groups excluding carboxylic acids is 2. The Balaban J connectivity index is 1.67. The van der Waals surface area contributed by atoms with E-state index >= 15 is 0 Å². The molecular weight excluding hydrogens is 394 g/mol. The Labute approximate surface area is 168 Å². The smallest absolute Gasteiger partial charge is 0.338 e. The van der Waals surface area contributed by atoms with Crippen molar-refractivity contribution in [1.29, 1.82) is 5.26 Å². The van der Waals surface area contributed by atoms with Gasteiger partial charge in [-0.3, -0.25) is 9.10 Å². The lowest BCUT2D eigenvalue weighted by atomic mass is 10.1. The summed E-state index contributed by atoms with van der Waals surface area (Å²) in [6.07, 6.45) is 0.570. The van der Waals surface area contributed by atoms with Gasteiger partial charge in [-0.15, -0.1) is 0 Å². The average molecular weight is 413 g/mol. The normalized spacial score (nSPS) is 13.9. The molecule has 0 unspecified atom stereocenters. The number of nitriles is 1. The Kier molecular flexibility index (Phi) is 5.57. The van der Waals surface area contributed by atoms with Gasteiger partial charge in [-0.05, 0) is 55.3 Å². The molecular formula is C20H19N3O5S. The standard InChI is InChI=1S/C20H19N3O5S/c1-13(19(24)22-17-5-3-4-14(10-17)12-21)28-20(25)16-6-7-18-15(11-16)8-9-23(18)29(2,26)27/h3-7,10-11,13H,8-9H2,1-2H3,(H,22,24)/t13-/m1/s1. The van der Waals surface area contributed by atoms with Crippen LogP contribution in [0.4, 0.5) is 11.4 Å². The lowest BCUT2D eigenvalue weighted by Crippen LogP contribution is -2.30. The molecule has 0 bridgehead atoms. The second-order valence-corrected chi connectivity index (χ2v) is 8.56. The fourth-order valence-electron chi connectivity index (χ4n) is 3.04. The van der Waals surface area contributed by atoms with Crippen molar-refractivity contribution >= 4 is 33.3 Å². The molecule has 2 aromatic rings. The molecule has 1 aliphatic heterocycles. The first-order valence-corrected chi connectivity index (χ1v) is 10.7. The molecule has 29 heavy (non-hydrogen) atoms. The molecule has 0 saturated heterocycles. The third-order valence-corrected chi connectivity index (χ3v) is 5.66. The highest BCUT2D eigenvalue weighted by molar-refractivity contribution is 7.92. The first-order chi connectivity index (χ1) is 13.7. The number of anilines is 2. The molecule has 1 amide bonds. The van der Waals surface area contributed by atoms with Gasteiger partial charge in [-0.2, -0.15) is 5.26 Å². The number of fused-ring (bicyclic) bond motifs is 1. The highest BCUT2D eigenvalue weighted by atomic mass is 32.2. The number of nitrogens with zero attached hydrogens (tertiary/aromatic N) is 2. The van der Waals surface area contributed by atoms with Crippen LogP contribution >= 0.6 is 0 Å². The maximum atomic E-state index is 12.4. The van der Waals surface area contributed by atoms with Gasteiger partial charge >= 0.3 is 5.97 Å². The number of rotatable bonds is 5. The number of carbonyl (C=O) groups is 2. The molecule has 3 rings (SSSR count). The number of nitrogens with one attached hydrogen (secondary N) is 1. The van der Waals surface area contributed by atoms with Crippen molar-refractivity contribution in [2.24, 2.45) is 0 Å².